The lowest BCUT2D eigenvalue weighted by molar-refractivity contribution is 0.0921. The third-order valence-electron chi connectivity index (χ3n) is 4.17. The Labute approximate surface area is 127 Å². The number of carbonyl (C=O) groups excluding carboxylic acids is 1. The highest BCUT2D eigenvalue weighted by Gasteiger charge is 2.21. The van der Waals surface area contributed by atoms with E-state index in [1.165, 1.54) is 12.8 Å². The van der Waals surface area contributed by atoms with Gasteiger partial charge in [-0.15, -0.1) is 0 Å². The molecule has 1 saturated carbocycles. The van der Waals surface area contributed by atoms with E-state index in [0.717, 1.165) is 42.8 Å². The Kier molecular flexibility index (Phi) is 5.59. The average Bonchev–Trinajstić information content (AvgIpc) is 2.47. The lowest BCUT2D eigenvalue weighted by Crippen LogP contribution is -2.38. The second-order valence-corrected chi connectivity index (χ2v) is 6.17. The summed E-state index contributed by atoms with van der Waals surface area (Å²) in [4.78, 5) is 17.0. The van der Waals surface area contributed by atoms with E-state index in [4.69, 9.17) is 0 Å². The molecule has 0 aliphatic heterocycles. The highest BCUT2D eigenvalue weighted by molar-refractivity contribution is 5.95. The number of hydrogen-bond donors (Lipinski definition) is 2. The molecule has 0 saturated heterocycles. The van der Waals surface area contributed by atoms with Gasteiger partial charge in [0.25, 0.3) is 5.91 Å². The monoisotopic (exact) mass is 289 g/mol. The van der Waals surface area contributed by atoms with Gasteiger partial charge in [0.1, 0.15) is 5.82 Å². The van der Waals surface area contributed by atoms with E-state index in [-0.39, 0.29) is 5.91 Å². The molecule has 1 fully saturated rings. The molecule has 2 N–H and O–H groups in total. The molecular weight excluding hydrogens is 262 g/mol. The highest BCUT2D eigenvalue weighted by atomic mass is 16.1. The second kappa shape index (κ2) is 7.43. The lowest BCUT2D eigenvalue weighted by Gasteiger charge is -2.27. The van der Waals surface area contributed by atoms with Gasteiger partial charge in [-0.25, -0.2) is 4.98 Å². The molecule has 21 heavy (non-hydrogen) atoms. The molecule has 0 spiro atoms. The Balaban J connectivity index is 2.08. The molecule has 1 aromatic heterocycles. The Morgan fingerprint density at radius 1 is 1.38 bits per heavy atom. The summed E-state index contributed by atoms with van der Waals surface area (Å²) in [5, 5.41) is 6.23. The average molecular weight is 289 g/mol. The first-order valence-electron chi connectivity index (χ1n) is 8.12. The zero-order valence-electron chi connectivity index (χ0n) is 13.4. The summed E-state index contributed by atoms with van der Waals surface area (Å²) in [6.07, 6.45) is 6.62. The number of amides is 1. The Morgan fingerprint density at radius 3 is 2.86 bits per heavy atom. The predicted molar refractivity (Wildman–Crippen MR) is 86.7 cm³/mol. The van der Waals surface area contributed by atoms with E-state index in [2.05, 4.69) is 29.5 Å². The molecule has 4 nitrogen and oxygen atoms in total. The van der Waals surface area contributed by atoms with Crippen LogP contribution in [0.15, 0.2) is 12.1 Å². The number of carbonyl (C=O) groups is 1. The molecule has 0 aromatic carbocycles. The first-order chi connectivity index (χ1) is 10.1. The van der Waals surface area contributed by atoms with Crippen LogP contribution >= 0.6 is 0 Å². The summed E-state index contributed by atoms with van der Waals surface area (Å²) in [6, 6.07) is 4.08. The molecule has 4 heteroatoms. The first-order valence-corrected chi connectivity index (χ1v) is 8.12. The molecule has 0 bridgehead atoms. The smallest absolute Gasteiger partial charge is 0.251 e. The SMILES string of the molecule is CCCc1cc(C(=O)NC2CCCC(C)C2)cc(NC)n1. The van der Waals surface area contributed by atoms with Crippen LogP contribution in [0.25, 0.3) is 0 Å². The topological polar surface area (TPSA) is 54.0 Å². The van der Waals surface area contributed by atoms with Crippen molar-refractivity contribution in [2.45, 2.75) is 58.4 Å². The van der Waals surface area contributed by atoms with Gasteiger partial charge in [0.2, 0.25) is 0 Å². The van der Waals surface area contributed by atoms with Crippen molar-refractivity contribution in [1.29, 1.82) is 0 Å². The van der Waals surface area contributed by atoms with Crippen LogP contribution in [0.3, 0.4) is 0 Å². The minimum absolute atomic E-state index is 0.0327. The number of hydrogen-bond acceptors (Lipinski definition) is 3. The van der Waals surface area contributed by atoms with Crippen LogP contribution in [-0.2, 0) is 6.42 Å². The second-order valence-electron chi connectivity index (χ2n) is 6.17. The van der Waals surface area contributed by atoms with E-state index in [1.54, 1.807) is 0 Å². The maximum Gasteiger partial charge on any atom is 0.251 e. The van der Waals surface area contributed by atoms with Gasteiger partial charge < -0.3 is 10.6 Å². The van der Waals surface area contributed by atoms with Gasteiger partial charge in [0.15, 0.2) is 0 Å². The lowest BCUT2D eigenvalue weighted by atomic mass is 9.87. The molecule has 1 amide bonds. The summed E-state index contributed by atoms with van der Waals surface area (Å²) in [5.41, 5.74) is 1.70. The van der Waals surface area contributed by atoms with Crippen molar-refractivity contribution in [3.63, 3.8) is 0 Å². The van der Waals surface area contributed by atoms with Crippen LogP contribution < -0.4 is 10.6 Å². The fourth-order valence-corrected chi connectivity index (χ4v) is 3.07. The van der Waals surface area contributed by atoms with E-state index in [9.17, 15) is 4.79 Å². The van der Waals surface area contributed by atoms with Crippen LogP contribution in [-0.4, -0.2) is 24.0 Å². The molecule has 2 unspecified atom stereocenters. The molecular formula is C17H27N3O. The van der Waals surface area contributed by atoms with Gasteiger partial charge in [0.05, 0.1) is 0 Å². The van der Waals surface area contributed by atoms with Crippen molar-refractivity contribution in [3.8, 4) is 0 Å². The van der Waals surface area contributed by atoms with Gasteiger partial charge >= 0.3 is 0 Å². The Bertz CT molecular complexity index is 487. The quantitative estimate of drug-likeness (QED) is 0.873. The molecule has 1 aliphatic rings. The van der Waals surface area contributed by atoms with Crippen LogP contribution in [0.2, 0.25) is 0 Å². The molecule has 2 rings (SSSR count). The van der Waals surface area contributed by atoms with Crippen molar-refractivity contribution in [2.24, 2.45) is 5.92 Å². The number of pyridine rings is 1. The maximum atomic E-state index is 12.5. The number of rotatable bonds is 5. The van der Waals surface area contributed by atoms with Crippen LogP contribution in [0.1, 0.15) is 62.0 Å². The zero-order chi connectivity index (χ0) is 15.2. The summed E-state index contributed by atoms with van der Waals surface area (Å²) in [7, 11) is 1.84. The third kappa shape index (κ3) is 4.45. The first kappa shape index (κ1) is 15.8. The zero-order valence-corrected chi connectivity index (χ0v) is 13.4. The van der Waals surface area contributed by atoms with Gasteiger partial charge in [0, 0.05) is 24.3 Å². The number of nitrogens with zero attached hydrogens (tertiary/aromatic N) is 1. The summed E-state index contributed by atoms with van der Waals surface area (Å²) in [6.45, 7) is 4.39. The standard InChI is InChI=1S/C17H27N3O/c1-4-6-14-10-13(11-16(18-3)19-14)17(21)20-15-8-5-7-12(2)9-15/h10-12,15H,4-9H2,1-3H3,(H,18,19)(H,20,21). The van der Waals surface area contributed by atoms with Crippen LogP contribution in [0, 0.1) is 5.92 Å². The molecule has 116 valence electrons. The largest absolute Gasteiger partial charge is 0.373 e. The van der Waals surface area contributed by atoms with Gasteiger partial charge in [-0.2, -0.15) is 0 Å². The number of nitrogens with one attached hydrogen (secondary N) is 2. The van der Waals surface area contributed by atoms with Crippen molar-refractivity contribution in [1.82, 2.24) is 10.3 Å². The third-order valence-corrected chi connectivity index (χ3v) is 4.17. The normalized spacial score (nSPS) is 21.9. The highest BCUT2D eigenvalue weighted by Crippen LogP contribution is 2.24. The minimum atomic E-state index is 0.0327. The van der Waals surface area contributed by atoms with E-state index in [0.29, 0.717) is 12.0 Å². The molecule has 1 aromatic rings. The summed E-state index contributed by atoms with van der Waals surface area (Å²) < 4.78 is 0. The van der Waals surface area contributed by atoms with Crippen molar-refractivity contribution >= 4 is 11.7 Å². The number of aromatic nitrogens is 1. The van der Waals surface area contributed by atoms with Gasteiger partial charge in [-0.05, 0) is 37.3 Å². The van der Waals surface area contributed by atoms with E-state index < -0.39 is 0 Å². The fourth-order valence-electron chi connectivity index (χ4n) is 3.07. The summed E-state index contributed by atoms with van der Waals surface area (Å²) >= 11 is 0. The Hall–Kier alpha value is -1.58. The van der Waals surface area contributed by atoms with Crippen LogP contribution in [0.5, 0.6) is 0 Å². The number of anilines is 1. The summed E-state index contributed by atoms with van der Waals surface area (Å²) in [5.74, 6) is 1.51. The van der Waals surface area contributed by atoms with Crippen molar-refractivity contribution in [2.75, 3.05) is 12.4 Å². The molecule has 1 heterocycles. The fraction of sp³-hybridized carbons (Fsp3) is 0.647. The molecule has 0 radical (unpaired) electrons. The van der Waals surface area contributed by atoms with Crippen molar-refractivity contribution in [3.05, 3.63) is 23.4 Å². The number of aryl methyl sites for hydroxylation is 1. The Morgan fingerprint density at radius 2 is 2.19 bits per heavy atom. The van der Waals surface area contributed by atoms with Gasteiger partial charge in [-0.3, -0.25) is 4.79 Å². The maximum absolute atomic E-state index is 12.5. The molecule has 2 atom stereocenters. The minimum Gasteiger partial charge on any atom is -0.373 e. The van der Waals surface area contributed by atoms with E-state index >= 15 is 0 Å². The van der Waals surface area contributed by atoms with Crippen molar-refractivity contribution < 1.29 is 4.79 Å². The molecule has 1 aliphatic carbocycles. The predicted octanol–water partition coefficient (Wildman–Crippen LogP) is 3.38. The van der Waals surface area contributed by atoms with Crippen LogP contribution in [0.4, 0.5) is 5.82 Å². The van der Waals surface area contributed by atoms with E-state index in [1.807, 2.05) is 19.2 Å². The van der Waals surface area contributed by atoms with Gasteiger partial charge in [-0.1, -0.05) is 33.1 Å².